The topological polar surface area (TPSA) is 105 Å². The van der Waals surface area contributed by atoms with E-state index < -0.39 is 6.04 Å². The second kappa shape index (κ2) is 7.37. The minimum atomic E-state index is -0.660. The van der Waals surface area contributed by atoms with Crippen molar-refractivity contribution in [3.8, 4) is 0 Å². The number of hydrogen-bond donors (Lipinski definition) is 3. The maximum Gasteiger partial charge on any atom is 0.259 e. The van der Waals surface area contributed by atoms with Crippen molar-refractivity contribution in [2.75, 3.05) is 23.3 Å². The van der Waals surface area contributed by atoms with Crippen molar-refractivity contribution in [1.82, 2.24) is 5.32 Å². The summed E-state index contributed by atoms with van der Waals surface area (Å²) in [5, 5.41) is 5.44. The molecule has 1 aliphatic rings. The Hall–Kier alpha value is -3.19. The number of carbonyl (C=O) groups excluding carboxylic acids is 3. The van der Waals surface area contributed by atoms with Crippen LogP contribution in [-0.2, 0) is 4.79 Å². The van der Waals surface area contributed by atoms with Crippen LogP contribution in [0, 0.1) is 0 Å². The average Bonchev–Trinajstić information content (AvgIpc) is 2.67. The SMILES string of the molecule is CC1C(=O)Nc2cc(C(=O)NCCN)ccc2N1C(=O)c1ccccc1. The van der Waals surface area contributed by atoms with E-state index in [1.807, 2.05) is 6.07 Å². The first-order valence-electron chi connectivity index (χ1n) is 8.34. The number of nitrogens with one attached hydrogen (secondary N) is 2. The van der Waals surface area contributed by atoms with E-state index in [4.69, 9.17) is 5.73 Å². The predicted octanol–water partition coefficient (Wildman–Crippen LogP) is 1.36. The molecule has 0 spiro atoms. The summed E-state index contributed by atoms with van der Waals surface area (Å²) in [5.41, 5.74) is 7.25. The van der Waals surface area contributed by atoms with Gasteiger partial charge in [0, 0.05) is 24.2 Å². The van der Waals surface area contributed by atoms with Crippen LogP contribution in [0.4, 0.5) is 11.4 Å². The quantitative estimate of drug-likeness (QED) is 0.773. The minimum Gasteiger partial charge on any atom is -0.351 e. The van der Waals surface area contributed by atoms with Crippen LogP contribution in [-0.4, -0.2) is 36.9 Å². The summed E-state index contributed by atoms with van der Waals surface area (Å²) >= 11 is 0. The smallest absolute Gasteiger partial charge is 0.259 e. The first-order chi connectivity index (χ1) is 12.5. The molecule has 2 aromatic rings. The summed E-state index contributed by atoms with van der Waals surface area (Å²) in [7, 11) is 0. The molecule has 1 unspecified atom stereocenters. The fourth-order valence-electron chi connectivity index (χ4n) is 2.84. The number of benzene rings is 2. The molecule has 1 aliphatic heterocycles. The van der Waals surface area contributed by atoms with Crippen LogP contribution in [0.15, 0.2) is 48.5 Å². The zero-order valence-corrected chi connectivity index (χ0v) is 14.4. The number of rotatable bonds is 4. The van der Waals surface area contributed by atoms with E-state index >= 15 is 0 Å². The molecular formula is C19H20N4O3. The van der Waals surface area contributed by atoms with Gasteiger partial charge in [0.15, 0.2) is 0 Å². The van der Waals surface area contributed by atoms with Crippen molar-refractivity contribution < 1.29 is 14.4 Å². The number of hydrogen-bond acceptors (Lipinski definition) is 4. The van der Waals surface area contributed by atoms with Gasteiger partial charge in [0.05, 0.1) is 11.4 Å². The Morgan fingerprint density at radius 3 is 2.58 bits per heavy atom. The van der Waals surface area contributed by atoms with Gasteiger partial charge in [0.1, 0.15) is 6.04 Å². The van der Waals surface area contributed by atoms with Crippen LogP contribution in [0.25, 0.3) is 0 Å². The van der Waals surface area contributed by atoms with Gasteiger partial charge in [-0.05, 0) is 37.3 Å². The molecular weight excluding hydrogens is 332 g/mol. The third-order valence-electron chi connectivity index (χ3n) is 4.21. The molecule has 2 aromatic carbocycles. The standard InChI is InChI=1S/C19H20N4O3/c1-12-17(24)22-15-11-14(18(25)21-10-9-20)7-8-16(15)23(12)19(26)13-5-3-2-4-6-13/h2-8,11-12H,9-10,20H2,1H3,(H,21,25)(H,22,24). The minimum absolute atomic E-state index is 0.269. The highest BCUT2D eigenvalue weighted by Crippen LogP contribution is 2.34. The lowest BCUT2D eigenvalue weighted by Crippen LogP contribution is -2.49. The molecule has 3 rings (SSSR count). The summed E-state index contributed by atoms with van der Waals surface area (Å²) in [6.45, 7) is 2.36. The van der Waals surface area contributed by atoms with Gasteiger partial charge in [-0.1, -0.05) is 18.2 Å². The van der Waals surface area contributed by atoms with Crippen LogP contribution in [0.5, 0.6) is 0 Å². The van der Waals surface area contributed by atoms with Crippen LogP contribution in [0.2, 0.25) is 0 Å². The molecule has 1 atom stereocenters. The van der Waals surface area contributed by atoms with Crippen molar-refractivity contribution in [2.45, 2.75) is 13.0 Å². The van der Waals surface area contributed by atoms with Gasteiger partial charge >= 0.3 is 0 Å². The maximum absolute atomic E-state index is 12.9. The van der Waals surface area contributed by atoms with E-state index in [1.54, 1.807) is 49.4 Å². The summed E-state index contributed by atoms with van der Waals surface area (Å²) in [5.74, 6) is -0.858. The molecule has 0 aromatic heterocycles. The Bertz CT molecular complexity index is 851. The molecule has 26 heavy (non-hydrogen) atoms. The van der Waals surface area contributed by atoms with Crippen molar-refractivity contribution in [2.24, 2.45) is 5.73 Å². The fraction of sp³-hybridized carbons (Fsp3) is 0.211. The van der Waals surface area contributed by atoms with Gasteiger partial charge in [0.25, 0.3) is 11.8 Å². The largest absolute Gasteiger partial charge is 0.351 e. The lowest BCUT2D eigenvalue weighted by atomic mass is 10.0. The molecule has 3 amide bonds. The van der Waals surface area contributed by atoms with Crippen LogP contribution in [0.1, 0.15) is 27.6 Å². The normalized spacial score (nSPS) is 15.8. The highest BCUT2D eigenvalue weighted by Gasteiger charge is 2.34. The Morgan fingerprint density at radius 2 is 1.88 bits per heavy atom. The molecule has 4 N–H and O–H groups in total. The molecule has 0 saturated heterocycles. The third kappa shape index (κ3) is 3.29. The molecule has 7 nitrogen and oxygen atoms in total. The predicted molar refractivity (Wildman–Crippen MR) is 99.2 cm³/mol. The number of fused-ring (bicyclic) bond motifs is 1. The van der Waals surface area contributed by atoms with Gasteiger partial charge in [-0.3, -0.25) is 19.3 Å². The molecule has 0 radical (unpaired) electrons. The van der Waals surface area contributed by atoms with Gasteiger partial charge < -0.3 is 16.4 Å². The summed E-state index contributed by atoms with van der Waals surface area (Å²) in [4.78, 5) is 38.8. The van der Waals surface area contributed by atoms with Crippen molar-refractivity contribution in [1.29, 1.82) is 0 Å². The van der Waals surface area contributed by atoms with E-state index in [9.17, 15) is 14.4 Å². The van der Waals surface area contributed by atoms with Crippen LogP contribution < -0.4 is 21.3 Å². The first kappa shape index (κ1) is 17.6. The van der Waals surface area contributed by atoms with Gasteiger partial charge in [0.2, 0.25) is 5.91 Å². The average molecular weight is 352 g/mol. The lowest BCUT2D eigenvalue weighted by Gasteiger charge is -2.34. The Labute approximate surface area is 151 Å². The monoisotopic (exact) mass is 352 g/mol. The van der Waals surface area contributed by atoms with E-state index in [0.717, 1.165) is 0 Å². The lowest BCUT2D eigenvalue weighted by molar-refractivity contribution is -0.117. The molecule has 0 saturated carbocycles. The summed E-state index contributed by atoms with van der Waals surface area (Å²) in [6, 6.07) is 13.0. The maximum atomic E-state index is 12.9. The summed E-state index contributed by atoms with van der Waals surface area (Å²) < 4.78 is 0. The van der Waals surface area contributed by atoms with Crippen LogP contribution >= 0.6 is 0 Å². The molecule has 0 aliphatic carbocycles. The molecule has 134 valence electrons. The number of anilines is 2. The molecule has 0 fully saturated rings. The van der Waals surface area contributed by atoms with Gasteiger partial charge in [-0.25, -0.2) is 0 Å². The Morgan fingerprint density at radius 1 is 1.15 bits per heavy atom. The second-order valence-electron chi connectivity index (χ2n) is 5.98. The van der Waals surface area contributed by atoms with E-state index in [2.05, 4.69) is 10.6 Å². The number of nitrogens with zero attached hydrogens (tertiary/aromatic N) is 1. The third-order valence-corrected chi connectivity index (χ3v) is 4.21. The summed E-state index contributed by atoms with van der Waals surface area (Å²) in [6.07, 6.45) is 0. The molecule has 0 bridgehead atoms. The number of amides is 3. The van der Waals surface area contributed by atoms with Crippen molar-refractivity contribution >= 4 is 29.1 Å². The zero-order valence-electron chi connectivity index (χ0n) is 14.4. The van der Waals surface area contributed by atoms with Crippen LogP contribution in [0.3, 0.4) is 0 Å². The molecule has 1 heterocycles. The van der Waals surface area contributed by atoms with E-state index in [0.29, 0.717) is 35.6 Å². The van der Waals surface area contributed by atoms with E-state index in [1.165, 1.54) is 4.90 Å². The zero-order chi connectivity index (χ0) is 18.7. The van der Waals surface area contributed by atoms with E-state index in [-0.39, 0.29) is 17.7 Å². The van der Waals surface area contributed by atoms with Gasteiger partial charge in [-0.2, -0.15) is 0 Å². The van der Waals surface area contributed by atoms with Crippen molar-refractivity contribution in [3.05, 3.63) is 59.7 Å². The number of carbonyl (C=O) groups is 3. The van der Waals surface area contributed by atoms with Gasteiger partial charge in [-0.15, -0.1) is 0 Å². The highest BCUT2D eigenvalue weighted by molar-refractivity contribution is 6.17. The van der Waals surface area contributed by atoms with Crippen molar-refractivity contribution in [3.63, 3.8) is 0 Å². The second-order valence-corrected chi connectivity index (χ2v) is 5.98. The highest BCUT2D eigenvalue weighted by atomic mass is 16.2. The number of nitrogens with two attached hydrogens (primary N) is 1. The molecule has 7 heteroatoms. The first-order valence-corrected chi connectivity index (χ1v) is 8.34. The fourth-order valence-corrected chi connectivity index (χ4v) is 2.84. The Kier molecular flexibility index (Phi) is 4.99. The Balaban J connectivity index is 1.97.